The second-order valence-corrected chi connectivity index (χ2v) is 7.05. The topological polar surface area (TPSA) is 64.4 Å². The molecule has 1 heterocycles. The van der Waals surface area contributed by atoms with Crippen molar-refractivity contribution in [3.05, 3.63) is 40.3 Å². The van der Waals surface area contributed by atoms with Crippen molar-refractivity contribution < 1.29 is 9.53 Å². The molecule has 0 radical (unpaired) electrons. The minimum absolute atomic E-state index is 0.139. The lowest BCUT2D eigenvalue weighted by atomic mass is 9.85. The van der Waals surface area contributed by atoms with Gasteiger partial charge in [0.25, 0.3) is 5.91 Å². The van der Waals surface area contributed by atoms with Crippen molar-refractivity contribution in [1.29, 1.82) is 0 Å². The summed E-state index contributed by atoms with van der Waals surface area (Å²) >= 11 is 1.57. The molecule has 3 N–H and O–H groups in total. The fourth-order valence-electron chi connectivity index (χ4n) is 3.21. The molecule has 2 aromatic rings. The van der Waals surface area contributed by atoms with Crippen molar-refractivity contribution in [2.45, 2.75) is 32.6 Å². The van der Waals surface area contributed by atoms with Crippen molar-refractivity contribution in [2.24, 2.45) is 5.92 Å². The maximum atomic E-state index is 12.7. The molecule has 3 rings (SSSR count). The van der Waals surface area contributed by atoms with Gasteiger partial charge in [-0.3, -0.25) is 4.79 Å². The summed E-state index contributed by atoms with van der Waals surface area (Å²) in [7, 11) is 1.59. The van der Waals surface area contributed by atoms with Crippen LogP contribution in [0.25, 0.3) is 0 Å². The summed E-state index contributed by atoms with van der Waals surface area (Å²) in [5.41, 5.74) is 8.63. The molecule has 1 aromatic carbocycles. The maximum absolute atomic E-state index is 12.7. The van der Waals surface area contributed by atoms with Crippen LogP contribution in [0, 0.1) is 5.92 Å². The number of anilines is 2. The van der Waals surface area contributed by atoms with Crippen LogP contribution in [0.3, 0.4) is 0 Å². The van der Waals surface area contributed by atoms with Gasteiger partial charge in [-0.25, -0.2) is 0 Å². The molecule has 1 aliphatic rings. The zero-order valence-electron chi connectivity index (χ0n) is 13.5. The second kappa shape index (κ2) is 6.62. The average molecular weight is 330 g/mol. The Kier molecular flexibility index (Phi) is 4.57. The molecule has 1 amide bonds. The number of nitrogens with one attached hydrogen (secondary N) is 1. The summed E-state index contributed by atoms with van der Waals surface area (Å²) in [5, 5.41) is 3.57. The van der Waals surface area contributed by atoms with Crippen LogP contribution in [0.15, 0.2) is 24.3 Å². The number of nitrogen functional groups attached to an aromatic ring is 1. The number of para-hydroxylation sites is 2. The van der Waals surface area contributed by atoms with Crippen LogP contribution in [-0.2, 0) is 12.8 Å². The van der Waals surface area contributed by atoms with Gasteiger partial charge in [-0.2, -0.15) is 0 Å². The van der Waals surface area contributed by atoms with Crippen molar-refractivity contribution in [2.75, 3.05) is 18.2 Å². The van der Waals surface area contributed by atoms with E-state index < -0.39 is 0 Å². The SMILES string of the molecule is CCC1CCc2c(sc(N)c2C(=O)Nc2ccccc2OC)C1. The lowest BCUT2D eigenvalue weighted by Gasteiger charge is -2.21. The first-order valence-electron chi connectivity index (χ1n) is 7.98. The molecule has 1 aliphatic carbocycles. The molecule has 4 nitrogen and oxygen atoms in total. The van der Waals surface area contributed by atoms with Gasteiger partial charge in [-0.05, 0) is 42.9 Å². The lowest BCUT2D eigenvalue weighted by Crippen LogP contribution is -2.18. The van der Waals surface area contributed by atoms with Gasteiger partial charge < -0.3 is 15.8 Å². The molecule has 0 saturated carbocycles. The number of nitrogens with two attached hydrogens (primary N) is 1. The Balaban J connectivity index is 1.87. The number of carbonyl (C=O) groups excluding carboxylic acids is 1. The minimum atomic E-state index is -0.139. The van der Waals surface area contributed by atoms with E-state index in [4.69, 9.17) is 10.5 Å². The molecule has 0 bridgehead atoms. The number of amides is 1. The van der Waals surface area contributed by atoms with Crippen molar-refractivity contribution in [1.82, 2.24) is 0 Å². The first-order valence-corrected chi connectivity index (χ1v) is 8.80. The fraction of sp³-hybridized carbons (Fsp3) is 0.389. The van der Waals surface area contributed by atoms with Crippen LogP contribution in [0.1, 0.15) is 40.6 Å². The zero-order chi connectivity index (χ0) is 16.4. The van der Waals surface area contributed by atoms with Crippen LogP contribution in [-0.4, -0.2) is 13.0 Å². The monoisotopic (exact) mass is 330 g/mol. The summed E-state index contributed by atoms with van der Waals surface area (Å²) in [6, 6.07) is 7.41. The number of thiophene rings is 1. The molecule has 122 valence electrons. The number of methoxy groups -OCH3 is 1. The Morgan fingerprint density at radius 3 is 2.96 bits per heavy atom. The highest BCUT2D eigenvalue weighted by atomic mass is 32.1. The van der Waals surface area contributed by atoms with Crippen LogP contribution >= 0.6 is 11.3 Å². The third-order valence-corrected chi connectivity index (χ3v) is 5.64. The summed E-state index contributed by atoms with van der Waals surface area (Å²) in [6.45, 7) is 2.22. The second-order valence-electron chi connectivity index (χ2n) is 5.91. The molecule has 0 fully saturated rings. The highest BCUT2D eigenvalue weighted by Gasteiger charge is 2.27. The van der Waals surface area contributed by atoms with E-state index in [1.807, 2.05) is 24.3 Å². The molecule has 0 spiro atoms. The highest BCUT2D eigenvalue weighted by Crippen LogP contribution is 2.39. The van der Waals surface area contributed by atoms with E-state index in [9.17, 15) is 4.79 Å². The van der Waals surface area contributed by atoms with E-state index in [2.05, 4.69) is 12.2 Å². The third kappa shape index (κ3) is 3.06. The molecule has 1 unspecified atom stereocenters. The molecule has 0 saturated heterocycles. The summed E-state index contributed by atoms with van der Waals surface area (Å²) in [5.74, 6) is 1.22. The molecule has 1 atom stereocenters. The smallest absolute Gasteiger partial charge is 0.259 e. The Labute approximate surface area is 140 Å². The lowest BCUT2D eigenvalue weighted by molar-refractivity contribution is 0.102. The molecule has 0 aliphatic heterocycles. The number of rotatable bonds is 4. The number of carbonyl (C=O) groups is 1. The van der Waals surface area contributed by atoms with Gasteiger partial charge in [0, 0.05) is 4.88 Å². The molecule has 23 heavy (non-hydrogen) atoms. The van der Waals surface area contributed by atoms with E-state index in [-0.39, 0.29) is 5.91 Å². The Bertz CT molecular complexity index is 724. The van der Waals surface area contributed by atoms with E-state index in [1.54, 1.807) is 18.4 Å². The van der Waals surface area contributed by atoms with Crippen molar-refractivity contribution >= 4 is 27.9 Å². The van der Waals surface area contributed by atoms with E-state index in [1.165, 1.54) is 11.3 Å². The standard InChI is InChI=1S/C18H22N2O2S/c1-3-11-8-9-12-15(10-11)23-17(19)16(12)18(21)20-13-6-4-5-7-14(13)22-2/h4-7,11H,3,8-10,19H2,1-2H3,(H,20,21). The van der Waals surface area contributed by atoms with Crippen molar-refractivity contribution in [3.8, 4) is 5.75 Å². The van der Waals surface area contributed by atoms with E-state index in [0.29, 0.717) is 27.9 Å². The van der Waals surface area contributed by atoms with Gasteiger partial charge in [-0.15, -0.1) is 11.3 Å². The normalized spacial score (nSPS) is 16.7. The van der Waals surface area contributed by atoms with Crippen LogP contribution in [0.2, 0.25) is 0 Å². The molecule has 5 heteroatoms. The van der Waals surface area contributed by atoms with Crippen molar-refractivity contribution in [3.63, 3.8) is 0 Å². The fourth-order valence-corrected chi connectivity index (χ4v) is 4.44. The van der Waals surface area contributed by atoms with E-state index in [0.717, 1.165) is 24.8 Å². The largest absolute Gasteiger partial charge is 0.495 e. The van der Waals surface area contributed by atoms with Crippen LogP contribution in [0.5, 0.6) is 5.75 Å². The highest BCUT2D eigenvalue weighted by molar-refractivity contribution is 7.16. The summed E-state index contributed by atoms with van der Waals surface area (Å²) in [4.78, 5) is 14.0. The van der Waals surface area contributed by atoms with Gasteiger partial charge in [0.05, 0.1) is 23.4 Å². The van der Waals surface area contributed by atoms with Gasteiger partial charge >= 0.3 is 0 Å². The van der Waals surface area contributed by atoms with Gasteiger partial charge in [-0.1, -0.05) is 25.5 Å². The Morgan fingerprint density at radius 1 is 1.43 bits per heavy atom. The minimum Gasteiger partial charge on any atom is -0.495 e. The van der Waals surface area contributed by atoms with E-state index >= 15 is 0 Å². The van der Waals surface area contributed by atoms with Gasteiger partial charge in [0.1, 0.15) is 5.75 Å². The Hall–Kier alpha value is -2.01. The molecular formula is C18H22N2O2S. The first kappa shape index (κ1) is 15.9. The molecule has 1 aromatic heterocycles. The zero-order valence-corrected chi connectivity index (χ0v) is 14.3. The number of hydrogen-bond donors (Lipinski definition) is 2. The van der Waals surface area contributed by atoms with Crippen LogP contribution in [0.4, 0.5) is 10.7 Å². The number of ether oxygens (including phenoxy) is 1. The van der Waals surface area contributed by atoms with Gasteiger partial charge in [0.15, 0.2) is 0 Å². The number of hydrogen-bond acceptors (Lipinski definition) is 4. The maximum Gasteiger partial charge on any atom is 0.259 e. The summed E-state index contributed by atoms with van der Waals surface area (Å²) < 4.78 is 5.29. The number of benzene rings is 1. The average Bonchev–Trinajstić information content (AvgIpc) is 2.90. The van der Waals surface area contributed by atoms with Gasteiger partial charge in [0.2, 0.25) is 0 Å². The predicted molar refractivity (Wildman–Crippen MR) is 95.5 cm³/mol. The predicted octanol–water partition coefficient (Wildman–Crippen LogP) is 4.11. The summed E-state index contributed by atoms with van der Waals surface area (Å²) in [6.07, 6.45) is 4.30. The quantitative estimate of drug-likeness (QED) is 0.887. The third-order valence-electron chi connectivity index (χ3n) is 4.55. The Morgan fingerprint density at radius 2 is 2.22 bits per heavy atom. The van der Waals surface area contributed by atoms with Crippen LogP contribution < -0.4 is 15.8 Å². The first-order chi connectivity index (χ1) is 11.1. The molecular weight excluding hydrogens is 308 g/mol. The number of fused-ring (bicyclic) bond motifs is 1.